The zero-order chi connectivity index (χ0) is 21.7. The van der Waals surface area contributed by atoms with Crippen LogP contribution < -0.4 is 20.1 Å². The lowest BCUT2D eigenvalue weighted by molar-refractivity contribution is -0.115. The zero-order valence-corrected chi connectivity index (χ0v) is 17.3. The third kappa shape index (κ3) is 3.93. The SMILES string of the molecule is CCc1ccccc1-n1c(=O)/c(=C\c2ccc(C#N)cc2)s/c1=C(/C#N)C(=O)NC. The largest absolute Gasteiger partial charge is 0.354 e. The highest BCUT2D eigenvalue weighted by atomic mass is 32.1. The Kier molecular flexibility index (Phi) is 6.26. The van der Waals surface area contributed by atoms with Crippen molar-refractivity contribution in [2.45, 2.75) is 13.3 Å². The van der Waals surface area contributed by atoms with Crippen LogP contribution in [0, 0.1) is 22.7 Å². The van der Waals surface area contributed by atoms with Gasteiger partial charge in [-0.1, -0.05) is 37.3 Å². The van der Waals surface area contributed by atoms with Gasteiger partial charge in [0.05, 0.1) is 21.9 Å². The number of benzene rings is 2. The molecule has 3 aromatic rings. The first-order valence-corrected chi connectivity index (χ1v) is 10.0. The predicted octanol–water partition coefficient (Wildman–Crippen LogP) is 1.58. The second-order valence-electron chi connectivity index (χ2n) is 6.34. The summed E-state index contributed by atoms with van der Waals surface area (Å²) in [5, 5.41) is 21.1. The average molecular weight is 414 g/mol. The fraction of sp³-hybridized carbons (Fsp3) is 0.130. The summed E-state index contributed by atoms with van der Waals surface area (Å²) in [5.74, 6) is -0.550. The minimum Gasteiger partial charge on any atom is -0.354 e. The first-order valence-electron chi connectivity index (χ1n) is 9.22. The van der Waals surface area contributed by atoms with Crippen LogP contribution in [0.5, 0.6) is 0 Å². The van der Waals surface area contributed by atoms with Gasteiger partial charge in [0.15, 0.2) is 5.57 Å². The summed E-state index contributed by atoms with van der Waals surface area (Å²) in [4.78, 5) is 25.7. The molecule has 30 heavy (non-hydrogen) atoms. The smallest absolute Gasteiger partial charge is 0.273 e. The molecule has 1 aromatic heterocycles. The fourth-order valence-corrected chi connectivity index (χ4v) is 4.12. The van der Waals surface area contributed by atoms with Crippen LogP contribution in [0.15, 0.2) is 53.3 Å². The van der Waals surface area contributed by atoms with E-state index in [1.165, 1.54) is 11.6 Å². The normalized spacial score (nSPS) is 12.1. The van der Waals surface area contributed by atoms with E-state index in [4.69, 9.17) is 5.26 Å². The van der Waals surface area contributed by atoms with Crippen molar-refractivity contribution in [3.63, 3.8) is 0 Å². The molecule has 7 heteroatoms. The van der Waals surface area contributed by atoms with Crippen molar-refractivity contribution in [3.8, 4) is 17.8 Å². The number of rotatable bonds is 4. The Balaban J connectivity index is 2.41. The van der Waals surface area contributed by atoms with E-state index in [2.05, 4.69) is 11.4 Å². The third-order valence-corrected chi connectivity index (χ3v) is 5.65. The van der Waals surface area contributed by atoms with E-state index in [1.807, 2.05) is 31.2 Å². The molecule has 0 aliphatic carbocycles. The molecular weight excluding hydrogens is 396 g/mol. The second kappa shape index (κ2) is 9.04. The van der Waals surface area contributed by atoms with E-state index in [-0.39, 0.29) is 15.8 Å². The lowest BCUT2D eigenvalue weighted by Gasteiger charge is -2.08. The van der Waals surface area contributed by atoms with Gasteiger partial charge < -0.3 is 5.32 Å². The second-order valence-corrected chi connectivity index (χ2v) is 7.37. The standard InChI is InChI=1S/C23H18N4O2S/c1-3-17-6-4-5-7-19(17)27-22(29)20(12-15-8-10-16(13-24)11-9-15)30-23(27)18(14-25)21(28)26-2/h4-12H,3H2,1-2H3,(H,26,28)/b20-12+,23-18-. The summed E-state index contributed by atoms with van der Waals surface area (Å²) < 4.78 is 2.10. The Morgan fingerprint density at radius 1 is 1.17 bits per heavy atom. The summed E-state index contributed by atoms with van der Waals surface area (Å²) in [6.45, 7) is 1.98. The van der Waals surface area contributed by atoms with E-state index >= 15 is 0 Å². The molecule has 3 rings (SSSR count). The van der Waals surface area contributed by atoms with Crippen LogP contribution in [0.4, 0.5) is 0 Å². The minimum atomic E-state index is -0.550. The maximum absolute atomic E-state index is 13.4. The molecule has 1 amide bonds. The molecule has 0 aliphatic heterocycles. The summed E-state index contributed by atoms with van der Waals surface area (Å²) >= 11 is 1.09. The van der Waals surface area contributed by atoms with Crippen molar-refractivity contribution >= 4 is 28.9 Å². The topological polar surface area (TPSA) is 98.7 Å². The molecule has 0 saturated heterocycles. The molecule has 0 saturated carbocycles. The van der Waals surface area contributed by atoms with Crippen molar-refractivity contribution in [1.82, 2.24) is 9.88 Å². The molecule has 0 spiro atoms. The molecule has 0 bridgehead atoms. The van der Waals surface area contributed by atoms with Crippen molar-refractivity contribution in [2.24, 2.45) is 0 Å². The summed E-state index contributed by atoms with van der Waals surface area (Å²) in [5.41, 5.74) is 2.41. The van der Waals surface area contributed by atoms with Gasteiger partial charge in [-0.2, -0.15) is 10.5 Å². The van der Waals surface area contributed by atoms with Crippen LogP contribution in [0.3, 0.4) is 0 Å². The quantitative estimate of drug-likeness (QED) is 0.701. The Morgan fingerprint density at radius 3 is 2.47 bits per heavy atom. The molecule has 6 nitrogen and oxygen atoms in total. The zero-order valence-electron chi connectivity index (χ0n) is 16.5. The molecule has 148 valence electrons. The third-order valence-electron chi connectivity index (χ3n) is 4.55. The van der Waals surface area contributed by atoms with Gasteiger partial charge >= 0.3 is 0 Å². The molecule has 0 atom stereocenters. The van der Waals surface area contributed by atoms with Crippen molar-refractivity contribution in [3.05, 3.63) is 84.8 Å². The number of thiazole rings is 1. The van der Waals surface area contributed by atoms with Gasteiger partial charge in [0.1, 0.15) is 10.7 Å². The number of carbonyl (C=O) groups is 1. The van der Waals surface area contributed by atoms with Crippen LogP contribution in [-0.2, 0) is 11.2 Å². The Labute approximate surface area is 177 Å². The number of para-hydroxylation sites is 1. The predicted molar refractivity (Wildman–Crippen MR) is 116 cm³/mol. The van der Waals surface area contributed by atoms with Crippen LogP contribution in [0.1, 0.15) is 23.6 Å². The van der Waals surface area contributed by atoms with E-state index in [0.717, 1.165) is 22.5 Å². The van der Waals surface area contributed by atoms with Gasteiger partial charge in [-0.15, -0.1) is 11.3 Å². The molecule has 1 N–H and O–H groups in total. The lowest BCUT2D eigenvalue weighted by atomic mass is 10.1. The number of nitrogens with zero attached hydrogens (tertiary/aromatic N) is 3. The van der Waals surface area contributed by atoms with Crippen LogP contribution in [0.25, 0.3) is 17.3 Å². The van der Waals surface area contributed by atoms with Gasteiger partial charge in [-0.05, 0) is 41.8 Å². The first-order chi connectivity index (χ1) is 14.5. The number of nitrogens with one attached hydrogen (secondary N) is 1. The van der Waals surface area contributed by atoms with Crippen LogP contribution in [-0.4, -0.2) is 17.5 Å². The Bertz CT molecular complexity index is 1370. The van der Waals surface area contributed by atoms with Crippen molar-refractivity contribution in [1.29, 1.82) is 10.5 Å². The highest BCUT2D eigenvalue weighted by Crippen LogP contribution is 2.12. The van der Waals surface area contributed by atoms with Crippen molar-refractivity contribution < 1.29 is 4.79 Å². The number of aryl methyl sites for hydroxylation is 1. The summed E-state index contributed by atoms with van der Waals surface area (Å²) in [6.07, 6.45) is 2.38. The highest BCUT2D eigenvalue weighted by Gasteiger charge is 2.17. The van der Waals surface area contributed by atoms with Gasteiger partial charge in [-0.25, -0.2) is 0 Å². The summed E-state index contributed by atoms with van der Waals surface area (Å²) in [7, 11) is 1.44. The number of nitriles is 2. The van der Waals surface area contributed by atoms with Gasteiger partial charge in [-0.3, -0.25) is 14.2 Å². The number of amides is 1. The maximum atomic E-state index is 13.4. The molecule has 2 aromatic carbocycles. The fourth-order valence-electron chi connectivity index (χ4n) is 3.02. The van der Waals surface area contributed by atoms with E-state index < -0.39 is 5.91 Å². The monoisotopic (exact) mass is 414 g/mol. The van der Waals surface area contributed by atoms with E-state index in [0.29, 0.717) is 22.2 Å². The number of aromatic nitrogens is 1. The van der Waals surface area contributed by atoms with Gasteiger partial charge in [0.25, 0.3) is 11.5 Å². The molecular formula is C23H18N4O2S. The number of hydrogen-bond donors (Lipinski definition) is 1. The maximum Gasteiger partial charge on any atom is 0.273 e. The minimum absolute atomic E-state index is 0.120. The first kappa shape index (κ1) is 20.8. The Morgan fingerprint density at radius 2 is 1.87 bits per heavy atom. The number of carbonyl (C=O) groups excluding carboxylic acids is 1. The van der Waals surface area contributed by atoms with Gasteiger partial charge in [0.2, 0.25) is 0 Å². The average Bonchev–Trinajstić information content (AvgIpc) is 3.09. The number of hydrogen-bond acceptors (Lipinski definition) is 5. The summed E-state index contributed by atoms with van der Waals surface area (Å²) in [6, 6.07) is 18.3. The van der Waals surface area contributed by atoms with Crippen LogP contribution >= 0.6 is 11.3 Å². The molecule has 0 aliphatic rings. The van der Waals surface area contributed by atoms with Crippen molar-refractivity contribution in [2.75, 3.05) is 7.05 Å². The molecule has 0 fully saturated rings. The van der Waals surface area contributed by atoms with Gasteiger partial charge in [0, 0.05) is 7.05 Å². The Hall–Kier alpha value is -3.94. The lowest BCUT2D eigenvalue weighted by Crippen LogP contribution is -2.33. The van der Waals surface area contributed by atoms with E-state index in [1.54, 1.807) is 36.4 Å². The highest BCUT2D eigenvalue weighted by molar-refractivity contribution is 7.07. The molecule has 0 unspecified atom stereocenters. The molecule has 1 heterocycles. The van der Waals surface area contributed by atoms with E-state index in [9.17, 15) is 14.9 Å². The molecule has 0 radical (unpaired) electrons. The van der Waals surface area contributed by atoms with Crippen LogP contribution in [0.2, 0.25) is 0 Å².